The van der Waals surface area contributed by atoms with Crippen LogP contribution in [0.25, 0.3) is 0 Å². The van der Waals surface area contributed by atoms with E-state index in [0.29, 0.717) is 19.6 Å². The summed E-state index contributed by atoms with van der Waals surface area (Å²) in [7, 11) is 3.25. The maximum absolute atomic E-state index is 12.7. The van der Waals surface area contributed by atoms with Crippen molar-refractivity contribution in [1.29, 1.82) is 0 Å². The summed E-state index contributed by atoms with van der Waals surface area (Å²) < 4.78 is 0. The van der Waals surface area contributed by atoms with Crippen LogP contribution in [0.1, 0.15) is 18.5 Å². The number of hydrogen-bond acceptors (Lipinski definition) is 5. The molecule has 0 unspecified atom stereocenters. The van der Waals surface area contributed by atoms with Gasteiger partial charge in [-0.05, 0) is 12.8 Å². The van der Waals surface area contributed by atoms with E-state index in [1.54, 1.807) is 24.5 Å². The Bertz CT molecular complexity index is 648. The third-order valence-corrected chi connectivity index (χ3v) is 5.39. The Balaban J connectivity index is 1.65. The van der Waals surface area contributed by atoms with E-state index in [1.807, 2.05) is 10.3 Å². The third-order valence-electron chi connectivity index (χ3n) is 4.76. The molecule has 2 bridgehead atoms. The molecule has 1 N–H and O–H groups in total. The smallest absolute Gasteiger partial charge is 0.317 e. The standard InChI is InChI=1S/C16H23N5O3S/c1-19(2)16(24)17-5-14(22)20-6-11-3-4-13(8-20)21(15(11)23)7-12-9-25-10-18-12/h9-11,13H,3-8H2,1-2H3,(H,17,24)/t11-,13+/m1/s1. The van der Waals surface area contributed by atoms with Gasteiger partial charge in [-0.25, -0.2) is 9.78 Å². The van der Waals surface area contributed by atoms with Gasteiger partial charge in [0.1, 0.15) is 0 Å². The Morgan fingerprint density at radius 2 is 2.16 bits per heavy atom. The number of rotatable bonds is 4. The number of fused-ring (bicyclic) bond motifs is 4. The molecule has 0 aromatic carbocycles. The van der Waals surface area contributed by atoms with Crippen molar-refractivity contribution in [2.45, 2.75) is 25.4 Å². The predicted octanol–water partition coefficient (Wildman–Crippen LogP) is 0.364. The molecule has 9 heteroatoms. The average Bonchev–Trinajstić information content (AvgIpc) is 2.95. The van der Waals surface area contributed by atoms with Crippen molar-refractivity contribution in [3.05, 3.63) is 16.6 Å². The van der Waals surface area contributed by atoms with Crippen molar-refractivity contribution in [3.8, 4) is 0 Å². The van der Waals surface area contributed by atoms with E-state index in [-0.39, 0.29) is 36.3 Å². The van der Waals surface area contributed by atoms with E-state index < -0.39 is 0 Å². The first-order valence-corrected chi connectivity index (χ1v) is 9.30. The normalized spacial score (nSPS) is 22.7. The zero-order valence-corrected chi connectivity index (χ0v) is 15.3. The van der Waals surface area contributed by atoms with Gasteiger partial charge < -0.3 is 20.0 Å². The molecule has 0 spiro atoms. The molecule has 25 heavy (non-hydrogen) atoms. The lowest BCUT2D eigenvalue weighted by Gasteiger charge is -2.35. The van der Waals surface area contributed by atoms with Gasteiger partial charge in [-0.15, -0.1) is 11.3 Å². The van der Waals surface area contributed by atoms with E-state index in [2.05, 4.69) is 10.3 Å². The van der Waals surface area contributed by atoms with Crippen molar-refractivity contribution in [2.75, 3.05) is 33.7 Å². The van der Waals surface area contributed by atoms with Crippen molar-refractivity contribution in [3.63, 3.8) is 0 Å². The van der Waals surface area contributed by atoms with Crippen LogP contribution < -0.4 is 5.32 Å². The first-order valence-electron chi connectivity index (χ1n) is 8.36. The molecule has 3 aliphatic rings. The number of piperidine rings is 1. The Hall–Kier alpha value is -2.16. The van der Waals surface area contributed by atoms with Crippen molar-refractivity contribution in [2.24, 2.45) is 5.92 Å². The van der Waals surface area contributed by atoms with Gasteiger partial charge in [0, 0.05) is 38.6 Å². The van der Waals surface area contributed by atoms with E-state index >= 15 is 0 Å². The number of nitrogens with one attached hydrogen (secondary N) is 1. The summed E-state index contributed by atoms with van der Waals surface area (Å²) >= 11 is 1.51. The molecule has 3 fully saturated rings. The highest BCUT2D eigenvalue weighted by atomic mass is 32.1. The molecule has 8 nitrogen and oxygen atoms in total. The molecule has 1 aromatic heterocycles. The summed E-state index contributed by atoms with van der Waals surface area (Å²) in [6.07, 6.45) is 1.71. The summed E-state index contributed by atoms with van der Waals surface area (Å²) in [5, 5.41) is 4.55. The van der Waals surface area contributed by atoms with Crippen LogP contribution in [0.15, 0.2) is 10.9 Å². The largest absolute Gasteiger partial charge is 0.338 e. The second-order valence-corrected chi connectivity index (χ2v) is 7.44. The fourth-order valence-electron chi connectivity index (χ4n) is 3.36. The topological polar surface area (TPSA) is 85.8 Å². The monoisotopic (exact) mass is 365 g/mol. The van der Waals surface area contributed by atoms with Gasteiger partial charge in [-0.1, -0.05) is 0 Å². The van der Waals surface area contributed by atoms with E-state index in [1.165, 1.54) is 16.2 Å². The molecule has 136 valence electrons. The van der Waals surface area contributed by atoms with Crippen LogP contribution >= 0.6 is 11.3 Å². The number of aromatic nitrogens is 1. The second-order valence-electron chi connectivity index (χ2n) is 6.73. The lowest BCUT2D eigenvalue weighted by molar-refractivity contribution is -0.140. The third kappa shape index (κ3) is 3.92. The predicted molar refractivity (Wildman–Crippen MR) is 92.8 cm³/mol. The summed E-state index contributed by atoms with van der Waals surface area (Å²) in [5.41, 5.74) is 2.65. The van der Waals surface area contributed by atoms with Crippen molar-refractivity contribution < 1.29 is 14.4 Å². The SMILES string of the molecule is CN(C)C(=O)NCC(=O)N1C[C@H]2CC[C@@H](C1)N(Cc1cscn1)C2=O. The van der Waals surface area contributed by atoms with Crippen LogP contribution in [0.4, 0.5) is 4.79 Å². The first kappa shape index (κ1) is 17.7. The van der Waals surface area contributed by atoms with Crippen LogP contribution in [-0.4, -0.2) is 77.3 Å². The number of hydrogen-bond donors (Lipinski definition) is 1. The highest BCUT2D eigenvalue weighted by Gasteiger charge is 2.41. The van der Waals surface area contributed by atoms with Crippen molar-refractivity contribution in [1.82, 2.24) is 25.0 Å². The van der Waals surface area contributed by atoms with E-state index in [0.717, 1.165) is 18.5 Å². The summed E-state index contributed by atoms with van der Waals surface area (Å²) in [6.45, 7) is 1.40. The Morgan fingerprint density at radius 3 is 2.84 bits per heavy atom. The molecular formula is C16H23N5O3S. The average molecular weight is 365 g/mol. The van der Waals surface area contributed by atoms with Crippen LogP contribution in [-0.2, 0) is 16.1 Å². The van der Waals surface area contributed by atoms with Gasteiger partial charge in [0.15, 0.2) is 0 Å². The second kappa shape index (κ2) is 7.38. The van der Waals surface area contributed by atoms with Gasteiger partial charge in [-0.3, -0.25) is 9.59 Å². The molecule has 3 aliphatic heterocycles. The highest BCUT2D eigenvalue weighted by Crippen LogP contribution is 2.30. The van der Waals surface area contributed by atoms with Crippen LogP contribution in [0.2, 0.25) is 0 Å². The first-order chi connectivity index (χ1) is 12.0. The highest BCUT2D eigenvalue weighted by molar-refractivity contribution is 7.07. The van der Waals surface area contributed by atoms with Gasteiger partial charge >= 0.3 is 6.03 Å². The molecule has 4 heterocycles. The van der Waals surface area contributed by atoms with Gasteiger partial charge in [-0.2, -0.15) is 0 Å². The molecule has 2 atom stereocenters. The Labute approximate surface area is 150 Å². The fourth-order valence-corrected chi connectivity index (χ4v) is 3.91. The molecule has 3 saturated heterocycles. The summed E-state index contributed by atoms with van der Waals surface area (Å²) in [5.74, 6) is -0.196. The minimum Gasteiger partial charge on any atom is -0.338 e. The molecule has 0 radical (unpaired) electrons. The number of amides is 4. The molecule has 4 amide bonds. The number of nitrogens with zero attached hydrogens (tertiary/aromatic N) is 4. The minimum absolute atomic E-state index is 0.0152. The number of thiazole rings is 1. The molecular weight excluding hydrogens is 342 g/mol. The zero-order valence-electron chi connectivity index (χ0n) is 14.5. The molecule has 1 aromatic rings. The van der Waals surface area contributed by atoms with Crippen LogP contribution in [0.5, 0.6) is 0 Å². The number of carbonyl (C=O) groups excluding carboxylic acids is 3. The van der Waals surface area contributed by atoms with Crippen LogP contribution in [0.3, 0.4) is 0 Å². The minimum atomic E-state index is -0.299. The maximum Gasteiger partial charge on any atom is 0.317 e. The Morgan fingerprint density at radius 1 is 1.36 bits per heavy atom. The lowest BCUT2D eigenvalue weighted by Crippen LogP contribution is -2.48. The molecule has 0 aliphatic carbocycles. The Kier molecular flexibility index (Phi) is 5.22. The van der Waals surface area contributed by atoms with E-state index in [4.69, 9.17) is 0 Å². The zero-order chi connectivity index (χ0) is 18.0. The molecule has 0 saturated carbocycles. The number of urea groups is 1. The maximum atomic E-state index is 12.7. The van der Waals surface area contributed by atoms with Gasteiger partial charge in [0.25, 0.3) is 0 Å². The van der Waals surface area contributed by atoms with Gasteiger partial charge in [0.2, 0.25) is 11.8 Å². The number of carbonyl (C=O) groups is 3. The summed E-state index contributed by atoms with van der Waals surface area (Å²) in [6, 6.07) is -0.283. The lowest BCUT2D eigenvalue weighted by atomic mass is 9.94. The van der Waals surface area contributed by atoms with Crippen LogP contribution in [0, 0.1) is 5.92 Å². The van der Waals surface area contributed by atoms with Crippen molar-refractivity contribution >= 4 is 29.2 Å². The molecule has 4 rings (SSSR count). The quantitative estimate of drug-likeness (QED) is 0.835. The van der Waals surface area contributed by atoms with E-state index in [9.17, 15) is 14.4 Å². The van der Waals surface area contributed by atoms with Gasteiger partial charge in [0.05, 0.1) is 30.2 Å². The fraction of sp³-hybridized carbons (Fsp3) is 0.625. The summed E-state index contributed by atoms with van der Waals surface area (Å²) in [4.78, 5) is 46.1.